The van der Waals surface area contributed by atoms with Crippen LogP contribution in [0.4, 0.5) is 10.5 Å². The van der Waals surface area contributed by atoms with Crippen molar-refractivity contribution in [3.8, 4) is 11.5 Å². The molecule has 0 aromatic heterocycles. The Labute approximate surface area is 136 Å². The molecule has 0 saturated heterocycles. The predicted octanol–water partition coefficient (Wildman–Crippen LogP) is 2.56. The smallest absolute Gasteiger partial charge is 0.407 e. The third-order valence-electron chi connectivity index (χ3n) is 2.69. The number of benzene rings is 1. The van der Waals surface area contributed by atoms with Crippen LogP contribution in [0.25, 0.3) is 0 Å². The van der Waals surface area contributed by atoms with Gasteiger partial charge in [-0.2, -0.15) is 0 Å². The van der Waals surface area contributed by atoms with Gasteiger partial charge in [-0.25, -0.2) is 4.79 Å². The van der Waals surface area contributed by atoms with Crippen LogP contribution in [0.1, 0.15) is 27.2 Å². The van der Waals surface area contributed by atoms with Gasteiger partial charge in [-0.1, -0.05) is 0 Å². The van der Waals surface area contributed by atoms with Gasteiger partial charge in [0.05, 0.1) is 14.2 Å². The lowest BCUT2D eigenvalue weighted by Crippen LogP contribution is -2.34. The number of rotatable bonds is 6. The van der Waals surface area contributed by atoms with E-state index in [0.29, 0.717) is 17.2 Å². The van der Waals surface area contributed by atoms with Gasteiger partial charge in [0.2, 0.25) is 5.91 Å². The number of amides is 2. The number of hydrogen-bond acceptors (Lipinski definition) is 5. The van der Waals surface area contributed by atoms with Gasteiger partial charge >= 0.3 is 6.09 Å². The molecule has 0 atom stereocenters. The van der Waals surface area contributed by atoms with Crippen LogP contribution in [-0.4, -0.2) is 38.4 Å². The summed E-state index contributed by atoms with van der Waals surface area (Å²) in [4.78, 5) is 23.3. The van der Waals surface area contributed by atoms with Crippen molar-refractivity contribution < 1.29 is 23.8 Å². The van der Waals surface area contributed by atoms with E-state index in [2.05, 4.69) is 10.6 Å². The van der Waals surface area contributed by atoms with E-state index in [1.54, 1.807) is 46.1 Å². The summed E-state index contributed by atoms with van der Waals surface area (Å²) in [5.74, 6) is 0.877. The Bertz CT molecular complexity index is 552. The van der Waals surface area contributed by atoms with Crippen molar-refractivity contribution in [1.82, 2.24) is 5.32 Å². The summed E-state index contributed by atoms with van der Waals surface area (Å²) in [7, 11) is 3.06. The lowest BCUT2D eigenvalue weighted by Gasteiger charge is -2.19. The molecule has 7 nitrogen and oxygen atoms in total. The number of carbonyl (C=O) groups excluding carboxylic acids is 2. The standard InChI is InChI=1S/C16H24N2O5/c1-16(2,3)23-15(20)17-9-8-14(19)18-11-6-7-12(21-4)13(10-11)22-5/h6-7,10H,8-9H2,1-5H3,(H,17,20)(H,18,19). The molecule has 1 rings (SSSR count). The largest absolute Gasteiger partial charge is 0.493 e. The first-order chi connectivity index (χ1) is 10.7. The number of hydrogen-bond donors (Lipinski definition) is 2. The van der Waals surface area contributed by atoms with Gasteiger partial charge in [0.1, 0.15) is 5.60 Å². The molecule has 0 saturated carbocycles. The highest BCUT2D eigenvalue weighted by molar-refractivity contribution is 5.91. The zero-order valence-electron chi connectivity index (χ0n) is 14.2. The summed E-state index contributed by atoms with van der Waals surface area (Å²) in [5, 5.41) is 5.25. The Kier molecular flexibility index (Phi) is 6.68. The van der Waals surface area contributed by atoms with E-state index in [1.807, 2.05) is 0 Å². The lowest BCUT2D eigenvalue weighted by molar-refractivity contribution is -0.116. The van der Waals surface area contributed by atoms with Crippen molar-refractivity contribution in [2.24, 2.45) is 0 Å². The maximum atomic E-state index is 11.9. The number of anilines is 1. The van der Waals surface area contributed by atoms with Gasteiger partial charge < -0.3 is 24.8 Å². The summed E-state index contributed by atoms with van der Waals surface area (Å²) in [6.45, 7) is 5.51. The first-order valence-electron chi connectivity index (χ1n) is 7.24. The Balaban J connectivity index is 2.44. The molecule has 0 aliphatic carbocycles. The fraction of sp³-hybridized carbons (Fsp3) is 0.500. The van der Waals surface area contributed by atoms with Gasteiger partial charge in [-0.15, -0.1) is 0 Å². The number of ether oxygens (including phenoxy) is 3. The van der Waals surface area contributed by atoms with Crippen molar-refractivity contribution in [1.29, 1.82) is 0 Å². The highest BCUT2D eigenvalue weighted by atomic mass is 16.6. The van der Waals surface area contributed by atoms with Crippen molar-refractivity contribution in [2.45, 2.75) is 32.8 Å². The quantitative estimate of drug-likeness (QED) is 0.840. The third-order valence-corrected chi connectivity index (χ3v) is 2.69. The molecular weight excluding hydrogens is 300 g/mol. The molecule has 0 unspecified atom stereocenters. The predicted molar refractivity (Wildman–Crippen MR) is 87.0 cm³/mol. The first-order valence-corrected chi connectivity index (χ1v) is 7.24. The molecule has 1 aromatic carbocycles. The Morgan fingerprint density at radius 1 is 1.09 bits per heavy atom. The van der Waals surface area contributed by atoms with Gasteiger partial charge in [-0.3, -0.25) is 4.79 Å². The number of alkyl carbamates (subject to hydrolysis) is 1. The van der Waals surface area contributed by atoms with Crippen molar-refractivity contribution in [3.63, 3.8) is 0 Å². The van der Waals surface area contributed by atoms with E-state index in [4.69, 9.17) is 14.2 Å². The minimum absolute atomic E-state index is 0.133. The van der Waals surface area contributed by atoms with Crippen LogP contribution in [0.5, 0.6) is 11.5 Å². The van der Waals surface area contributed by atoms with Gasteiger partial charge in [0, 0.05) is 24.7 Å². The summed E-state index contributed by atoms with van der Waals surface area (Å²) in [6, 6.07) is 5.08. The van der Waals surface area contributed by atoms with Crippen molar-refractivity contribution in [3.05, 3.63) is 18.2 Å². The molecule has 2 amide bonds. The Morgan fingerprint density at radius 2 is 1.74 bits per heavy atom. The number of carbonyl (C=O) groups is 2. The van der Waals surface area contributed by atoms with Crippen LogP contribution >= 0.6 is 0 Å². The monoisotopic (exact) mass is 324 g/mol. The lowest BCUT2D eigenvalue weighted by atomic mass is 10.2. The zero-order chi connectivity index (χ0) is 17.5. The maximum absolute atomic E-state index is 11.9. The topological polar surface area (TPSA) is 85.9 Å². The number of nitrogens with one attached hydrogen (secondary N) is 2. The highest BCUT2D eigenvalue weighted by Gasteiger charge is 2.16. The van der Waals surface area contributed by atoms with Crippen LogP contribution in [0, 0.1) is 0 Å². The second-order valence-electron chi connectivity index (χ2n) is 5.80. The van der Waals surface area contributed by atoms with Crippen LogP contribution in [0.15, 0.2) is 18.2 Å². The van der Waals surface area contributed by atoms with Gasteiger partial charge in [0.25, 0.3) is 0 Å². The van der Waals surface area contributed by atoms with Crippen LogP contribution in [-0.2, 0) is 9.53 Å². The van der Waals surface area contributed by atoms with E-state index >= 15 is 0 Å². The number of methoxy groups -OCH3 is 2. The van der Waals surface area contributed by atoms with Crippen LogP contribution in [0.2, 0.25) is 0 Å². The highest BCUT2D eigenvalue weighted by Crippen LogP contribution is 2.29. The normalized spacial score (nSPS) is 10.7. The van der Waals surface area contributed by atoms with Crippen molar-refractivity contribution >= 4 is 17.7 Å². The molecule has 0 aliphatic heterocycles. The second kappa shape index (κ2) is 8.26. The van der Waals surface area contributed by atoms with Gasteiger partial charge in [-0.05, 0) is 32.9 Å². The second-order valence-corrected chi connectivity index (χ2v) is 5.80. The molecule has 0 spiro atoms. The SMILES string of the molecule is COc1ccc(NC(=O)CCNC(=O)OC(C)(C)C)cc1OC. The fourth-order valence-electron chi connectivity index (χ4n) is 1.73. The van der Waals surface area contributed by atoms with E-state index in [9.17, 15) is 9.59 Å². The first kappa shape index (κ1) is 18.6. The van der Waals surface area contributed by atoms with E-state index < -0.39 is 11.7 Å². The minimum atomic E-state index is -0.564. The Hall–Kier alpha value is -2.44. The van der Waals surface area contributed by atoms with E-state index in [-0.39, 0.29) is 18.9 Å². The van der Waals surface area contributed by atoms with Crippen LogP contribution < -0.4 is 20.1 Å². The molecule has 7 heteroatoms. The molecule has 23 heavy (non-hydrogen) atoms. The maximum Gasteiger partial charge on any atom is 0.407 e. The molecule has 0 fully saturated rings. The summed E-state index contributed by atoms with van der Waals surface area (Å²) < 4.78 is 15.4. The molecule has 0 bridgehead atoms. The van der Waals surface area contributed by atoms with E-state index in [1.165, 1.54) is 7.11 Å². The molecule has 128 valence electrons. The molecule has 0 heterocycles. The van der Waals surface area contributed by atoms with E-state index in [0.717, 1.165) is 0 Å². The molecule has 0 radical (unpaired) electrons. The van der Waals surface area contributed by atoms with Crippen LogP contribution in [0.3, 0.4) is 0 Å². The minimum Gasteiger partial charge on any atom is -0.493 e. The zero-order valence-corrected chi connectivity index (χ0v) is 14.2. The molecule has 1 aromatic rings. The van der Waals surface area contributed by atoms with Gasteiger partial charge in [0.15, 0.2) is 11.5 Å². The molecule has 2 N–H and O–H groups in total. The summed E-state index contributed by atoms with van der Waals surface area (Å²) in [6.07, 6.45) is -0.412. The molecular formula is C16H24N2O5. The molecule has 0 aliphatic rings. The van der Waals surface area contributed by atoms with Crippen molar-refractivity contribution in [2.75, 3.05) is 26.1 Å². The summed E-state index contributed by atoms with van der Waals surface area (Å²) >= 11 is 0. The fourth-order valence-corrected chi connectivity index (χ4v) is 1.73. The Morgan fingerprint density at radius 3 is 2.30 bits per heavy atom. The average molecular weight is 324 g/mol. The summed E-state index contributed by atoms with van der Waals surface area (Å²) in [5.41, 5.74) is 0.0244. The average Bonchev–Trinajstić information content (AvgIpc) is 2.45. The third kappa shape index (κ3) is 6.90.